The highest BCUT2D eigenvalue weighted by Gasteiger charge is 1.98. The highest BCUT2D eigenvalue weighted by atomic mass is 14.7. The van der Waals surface area contributed by atoms with Gasteiger partial charge in [0.2, 0.25) is 0 Å². The smallest absolute Gasteiger partial charge is 0.0392 e. The lowest BCUT2D eigenvalue weighted by Crippen LogP contribution is -1.94. The van der Waals surface area contributed by atoms with E-state index in [1.807, 2.05) is 0 Å². The molecule has 1 aliphatic heterocycles. The topological polar surface area (TPSA) is 12.4 Å². The molecule has 1 heteroatoms. The van der Waals surface area contributed by atoms with Gasteiger partial charge in [0.1, 0.15) is 0 Å². The molecule has 0 fully saturated rings. The molecule has 1 nitrogen and oxygen atoms in total. The molecule has 0 aliphatic carbocycles. The fraction of sp³-hybridized carbons (Fsp3) is 0.727. The van der Waals surface area contributed by atoms with Crippen LogP contribution in [0.25, 0.3) is 0 Å². The fourth-order valence-electron chi connectivity index (χ4n) is 1.58. The van der Waals surface area contributed by atoms with Gasteiger partial charge in [-0.15, -0.1) is 0 Å². The molecule has 0 atom stereocenters. The van der Waals surface area contributed by atoms with Gasteiger partial charge in [-0.05, 0) is 32.3 Å². The molecule has 0 radical (unpaired) electrons. The van der Waals surface area contributed by atoms with Crippen molar-refractivity contribution in [2.45, 2.75) is 45.4 Å². The third kappa shape index (κ3) is 3.70. The van der Waals surface area contributed by atoms with Gasteiger partial charge in [0.25, 0.3) is 0 Å². The molecule has 1 rings (SSSR count). The lowest BCUT2D eigenvalue weighted by molar-refractivity contribution is 0.639. The molecule has 0 aromatic heterocycles. The minimum absolute atomic E-state index is 1.04. The van der Waals surface area contributed by atoms with E-state index in [0.717, 1.165) is 6.54 Å². The van der Waals surface area contributed by atoms with Crippen LogP contribution in [0.5, 0.6) is 0 Å². The Morgan fingerprint density at radius 2 is 1.83 bits per heavy atom. The summed E-state index contributed by atoms with van der Waals surface area (Å²) in [5, 5.41) is 0. The molecule has 12 heavy (non-hydrogen) atoms. The summed E-state index contributed by atoms with van der Waals surface area (Å²) in [6.07, 6.45) is 12.2. The number of rotatable bonds is 1. The van der Waals surface area contributed by atoms with Crippen LogP contribution in [-0.2, 0) is 0 Å². The maximum Gasteiger partial charge on any atom is 0.0392 e. The van der Waals surface area contributed by atoms with Crippen LogP contribution in [0.1, 0.15) is 45.4 Å². The van der Waals surface area contributed by atoms with Crippen molar-refractivity contribution in [1.29, 1.82) is 0 Å². The first kappa shape index (κ1) is 9.50. The van der Waals surface area contributed by atoms with Crippen LogP contribution < -0.4 is 0 Å². The van der Waals surface area contributed by atoms with Crippen LogP contribution in [0.2, 0.25) is 0 Å². The predicted molar refractivity (Wildman–Crippen MR) is 54.8 cm³/mol. The Balaban J connectivity index is 2.43. The molecule has 1 aliphatic rings. The van der Waals surface area contributed by atoms with Gasteiger partial charge in [0, 0.05) is 12.3 Å². The standard InChI is InChI=1S/C11H19N/c1-2-8-11-9-6-4-3-5-7-10-12-11/h2,8H,3-7,9-10H2,1H3/b8-2+,12-11-. The van der Waals surface area contributed by atoms with Crippen molar-refractivity contribution in [3.63, 3.8) is 0 Å². The summed E-state index contributed by atoms with van der Waals surface area (Å²) in [6, 6.07) is 0. The first-order valence-electron chi connectivity index (χ1n) is 5.09. The summed E-state index contributed by atoms with van der Waals surface area (Å²) >= 11 is 0. The van der Waals surface area contributed by atoms with E-state index in [0.29, 0.717) is 0 Å². The summed E-state index contributed by atoms with van der Waals surface area (Å²) in [4.78, 5) is 4.56. The molecule has 0 aromatic rings. The van der Waals surface area contributed by atoms with E-state index in [-0.39, 0.29) is 0 Å². The van der Waals surface area contributed by atoms with Crippen LogP contribution in [0.4, 0.5) is 0 Å². The van der Waals surface area contributed by atoms with Crippen LogP contribution >= 0.6 is 0 Å². The number of hydrogen-bond acceptors (Lipinski definition) is 1. The van der Waals surface area contributed by atoms with E-state index < -0.39 is 0 Å². The SMILES string of the molecule is C/C=C/C1=N/CCCCCCC1. The zero-order valence-corrected chi connectivity index (χ0v) is 8.05. The van der Waals surface area contributed by atoms with Crippen LogP contribution in [0, 0.1) is 0 Å². The van der Waals surface area contributed by atoms with E-state index in [2.05, 4.69) is 24.1 Å². The molecule has 0 N–H and O–H groups in total. The molecule has 0 saturated carbocycles. The summed E-state index contributed by atoms with van der Waals surface area (Å²) in [7, 11) is 0. The normalized spacial score (nSPS) is 25.6. The monoisotopic (exact) mass is 165 g/mol. The maximum atomic E-state index is 4.56. The maximum absolute atomic E-state index is 4.56. The van der Waals surface area contributed by atoms with Gasteiger partial charge < -0.3 is 0 Å². The van der Waals surface area contributed by atoms with Crippen LogP contribution in [0.15, 0.2) is 17.1 Å². The van der Waals surface area contributed by atoms with Gasteiger partial charge >= 0.3 is 0 Å². The van der Waals surface area contributed by atoms with Crippen molar-refractivity contribution >= 4 is 5.71 Å². The first-order valence-corrected chi connectivity index (χ1v) is 5.09. The fourth-order valence-corrected chi connectivity index (χ4v) is 1.58. The summed E-state index contributed by atoms with van der Waals surface area (Å²) in [5.74, 6) is 0. The average Bonchev–Trinajstić information content (AvgIpc) is 2.19. The van der Waals surface area contributed by atoms with E-state index in [1.54, 1.807) is 0 Å². The van der Waals surface area contributed by atoms with Gasteiger partial charge in [-0.2, -0.15) is 0 Å². The average molecular weight is 165 g/mol. The molecule has 1 heterocycles. The van der Waals surface area contributed by atoms with Gasteiger partial charge in [-0.1, -0.05) is 25.3 Å². The van der Waals surface area contributed by atoms with Crippen molar-refractivity contribution in [3.8, 4) is 0 Å². The molecular weight excluding hydrogens is 146 g/mol. The van der Waals surface area contributed by atoms with Crippen molar-refractivity contribution in [2.75, 3.05) is 6.54 Å². The van der Waals surface area contributed by atoms with E-state index in [9.17, 15) is 0 Å². The highest BCUT2D eigenvalue weighted by molar-refractivity contribution is 5.94. The summed E-state index contributed by atoms with van der Waals surface area (Å²) < 4.78 is 0. The summed E-state index contributed by atoms with van der Waals surface area (Å²) in [5.41, 5.74) is 1.31. The Labute approximate surface area is 75.6 Å². The molecule has 0 saturated heterocycles. The predicted octanol–water partition coefficient (Wildman–Crippen LogP) is 3.36. The zero-order chi connectivity index (χ0) is 8.65. The lowest BCUT2D eigenvalue weighted by Gasteiger charge is -1.97. The number of hydrogen-bond donors (Lipinski definition) is 0. The van der Waals surface area contributed by atoms with Crippen molar-refractivity contribution < 1.29 is 0 Å². The van der Waals surface area contributed by atoms with E-state index in [1.165, 1.54) is 44.2 Å². The Morgan fingerprint density at radius 3 is 2.67 bits per heavy atom. The van der Waals surface area contributed by atoms with Crippen molar-refractivity contribution in [3.05, 3.63) is 12.2 Å². The highest BCUT2D eigenvalue weighted by Crippen LogP contribution is 2.10. The number of nitrogens with zero attached hydrogens (tertiary/aromatic N) is 1. The Kier molecular flexibility index (Phi) is 4.74. The first-order chi connectivity index (χ1) is 5.93. The molecule has 0 unspecified atom stereocenters. The van der Waals surface area contributed by atoms with Crippen molar-refractivity contribution in [1.82, 2.24) is 0 Å². The number of allylic oxidation sites excluding steroid dienone is 2. The van der Waals surface area contributed by atoms with Gasteiger partial charge in [0.05, 0.1) is 0 Å². The largest absolute Gasteiger partial charge is 0.290 e. The molecular formula is C11H19N. The minimum Gasteiger partial charge on any atom is -0.290 e. The molecule has 0 spiro atoms. The third-order valence-electron chi connectivity index (χ3n) is 2.26. The molecule has 0 aromatic carbocycles. The molecule has 0 bridgehead atoms. The van der Waals surface area contributed by atoms with Crippen LogP contribution in [0.3, 0.4) is 0 Å². The number of aliphatic imine (C=N–C) groups is 1. The van der Waals surface area contributed by atoms with E-state index in [4.69, 9.17) is 0 Å². The van der Waals surface area contributed by atoms with Gasteiger partial charge in [-0.25, -0.2) is 0 Å². The summed E-state index contributed by atoms with van der Waals surface area (Å²) in [6.45, 7) is 3.11. The minimum atomic E-state index is 1.04. The molecule has 0 amide bonds. The second-order valence-corrected chi connectivity index (χ2v) is 3.39. The van der Waals surface area contributed by atoms with E-state index >= 15 is 0 Å². The van der Waals surface area contributed by atoms with Crippen LogP contribution in [-0.4, -0.2) is 12.3 Å². The van der Waals surface area contributed by atoms with Crippen molar-refractivity contribution in [2.24, 2.45) is 4.99 Å². The Morgan fingerprint density at radius 1 is 1.08 bits per heavy atom. The molecule has 68 valence electrons. The quantitative estimate of drug-likeness (QED) is 0.565. The van der Waals surface area contributed by atoms with Gasteiger partial charge in [0.15, 0.2) is 0 Å². The lowest BCUT2D eigenvalue weighted by atomic mass is 10.1. The van der Waals surface area contributed by atoms with Gasteiger partial charge in [-0.3, -0.25) is 4.99 Å². The second kappa shape index (κ2) is 5.99. The Hall–Kier alpha value is -0.590. The zero-order valence-electron chi connectivity index (χ0n) is 8.05. The second-order valence-electron chi connectivity index (χ2n) is 3.39. The third-order valence-corrected chi connectivity index (χ3v) is 2.26. The Bertz CT molecular complexity index is 168.